The quantitative estimate of drug-likeness (QED) is 0.222. The van der Waals surface area contributed by atoms with Gasteiger partial charge >= 0.3 is 13.1 Å². The Balaban J connectivity index is 2.08. The van der Waals surface area contributed by atoms with Crippen LogP contribution in [0.1, 0.15) is 32.0 Å². The van der Waals surface area contributed by atoms with Crippen molar-refractivity contribution in [2.75, 3.05) is 12.0 Å². The summed E-state index contributed by atoms with van der Waals surface area (Å²) in [7, 11) is -1.68. The summed E-state index contributed by atoms with van der Waals surface area (Å²) in [5.74, 6) is 0.0464. The molecule has 0 unspecified atom stereocenters. The molecular formula is C17H21BBrN3O5S. The number of carbonyl (C=O) groups excluding carboxylic acids is 1. The second kappa shape index (κ2) is 10.6. The van der Waals surface area contributed by atoms with Gasteiger partial charge in [0.05, 0.1) is 35.5 Å². The predicted octanol–water partition coefficient (Wildman–Crippen LogP) is 1.92. The molecule has 0 saturated heterocycles. The number of hydrogen-bond acceptors (Lipinski definition) is 9. The molecule has 0 aliphatic heterocycles. The van der Waals surface area contributed by atoms with Gasteiger partial charge in [-0.05, 0) is 54.4 Å². The van der Waals surface area contributed by atoms with Gasteiger partial charge in [0.2, 0.25) is 5.13 Å². The molecule has 0 fully saturated rings. The van der Waals surface area contributed by atoms with E-state index < -0.39 is 7.12 Å². The lowest BCUT2D eigenvalue weighted by molar-refractivity contribution is -0.142. The van der Waals surface area contributed by atoms with E-state index in [1.807, 2.05) is 13.8 Å². The topological polar surface area (TPSA) is 113 Å². The van der Waals surface area contributed by atoms with Gasteiger partial charge in [0.25, 0.3) is 0 Å². The Morgan fingerprint density at radius 2 is 2.21 bits per heavy atom. The van der Waals surface area contributed by atoms with E-state index in [1.54, 1.807) is 24.4 Å². The first-order valence-electron chi connectivity index (χ1n) is 8.55. The van der Waals surface area contributed by atoms with E-state index in [0.29, 0.717) is 33.2 Å². The van der Waals surface area contributed by atoms with Gasteiger partial charge in [0.1, 0.15) is 5.75 Å². The van der Waals surface area contributed by atoms with Crippen LogP contribution in [0.15, 0.2) is 27.1 Å². The molecule has 0 aliphatic carbocycles. The lowest BCUT2D eigenvalue weighted by atomic mass is 9.78. The van der Waals surface area contributed by atoms with Gasteiger partial charge in [-0.2, -0.15) is 5.10 Å². The third kappa shape index (κ3) is 6.59. The van der Waals surface area contributed by atoms with Gasteiger partial charge in [-0.15, -0.1) is 11.3 Å². The number of aromatic nitrogens is 1. The molecule has 1 aromatic heterocycles. The van der Waals surface area contributed by atoms with Gasteiger partial charge < -0.3 is 19.5 Å². The van der Waals surface area contributed by atoms with Crippen LogP contribution in [0, 0.1) is 0 Å². The first-order chi connectivity index (χ1) is 13.3. The summed E-state index contributed by atoms with van der Waals surface area (Å²) in [6, 6.07) is 3.33. The number of thiazole rings is 1. The molecular weight excluding hydrogens is 449 g/mol. The molecule has 2 rings (SSSR count). The predicted molar refractivity (Wildman–Crippen MR) is 113 cm³/mol. The number of carbonyl (C=O) groups is 1. The molecule has 1 heterocycles. The molecule has 0 spiro atoms. The molecule has 0 aliphatic rings. The number of halogens is 1. The monoisotopic (exact) mass is 469 g/mol. The smallest absolute Gasteiger partial charge is 0.490 e. The maximum Gasteiger partial charge on any atom is 0.492 e. The molecule has 0 atom stereocenters. The van der Waals surface area contributed by atoms with Gasteiger partial charge in [-0.1, -0.05) is 0 Å². The lowest BCUT2D eigenvalue weighted by Gasteiger charge is -2.16. The normalized spacial score (nSPS) is 11.1. The Morgan fingerprint density at radius 1 is 1.46 bits per heavy atom. The average Bonchev–Trinajstić information content (AvgIpc) is 3.03. The summed E-state index contributed by atoms with van der Waals surface area (Å²) < 4.78 is 11.1. The van der Waals surface area contributed by atoms with Crippen LogP contribution < -0.4 is 15.6 Å². The summed E-state index contributed by atoms with van der Waals surface area (Å²) in [5.41, 5.74) is 4.25. The summed E-state index contributed by atoms with van der Waals surface area (Å²) >= 11 is 4.70. The van der Waals surface area contributed by atoms with Crippen molar-refractivity contribution in [2.45, 2.75) is 33.3 Å². The number of anilines is 1. The zero-order valence-electron chi connectivity index (χ0n) is 15.7. The van der Waals surface area contributed by atoms with Gasteiger partial charge in [0, 0.05) is 10.8 Å². The van der Waals surface area contributed by atoms with E-state index in [1.165, 1.54) is 17.6 Å². The molecule has 0 bridgehead atoms. The summed E-state index contributed by atoms with van der Waals surface area (Å²) in [4.78, 5) is 15.7. The Morgan fingerprint density at radius 3 is 2.86 bits per heavy atom. The Hall–Kier alpha value is -1.95. The van der Waals surface area contributed by atoms with Crippen molar-refractivity contribution in [1.82, 2.24) is 4.98 Å². The zero-order chi connectivity index (χ0) is 20.7. The fraction of sp³-hybridized carbons (Fsp3) is 0.353. The Bertz CT molecular complexity index is 844. The molecule has 2 aromatic rings. The van der Waals surface area contributed by atoms with Crippen LogP contribution in [-0.4, -0.2) is 47.0 Å². The number of nitrogens with one attached hydrogen (secondary N) is 1. The number of rotatable bonds is 9. The molecule has 0 saturated carbocycles. The van der Waals surface area contributed by atoms with Crippen molar-refractivity contribution in [1.29, 1.82) is 0 Å². The third-order valence-corrected chi connectivity index (χ3v) is 4.67. The van der Waals surface area contributed by atoms with Gasteiger partial charge in [0.15, 0.2) is 0 Å². The van der Waals surface area contributed by atoms with Crippen LogP contribution >= 0.6 is 27.3 Å². The minimum absolute atomic E-state index is 0.109. The number of benzene rings is 1. The summed E-state index contributed by atoms with van der Waals surface area (Å²) in [5, 5.41) is 25.6. The molecule has 150 valence electrons. The van der Waals surface area contributed by atoms with Crippen LogP contribution in [0.25, 0.3) is 0 Å². The van der Waals surface area contributed by atoms with Gasteiger partial charge in [-0.3, -0.25) is 10.2 Å². The number of hydrogen-bond donors (Lipinski definition) is 3. The maximum absolute atomic E-state index is 11.5. The minimum atomic E-state index is -1.68. The van der Waals surface area contributed by atoms with Crippen LogP contribution in [0.3, 0.4) is 0 Å². The van der Waals surface area contributed by atoms with Crippen molar-refractivity contribution >= 4 is 57.2 Å². The van der Waals surface area contributed by atoms with Gasteiger partial charge in [-0.25, -0.2) is 4.98 Å². The summed E-state index contributed by atoms with van der Waals surface area (Å²) in [6.07, 6.45) is 1.50. The number of esters is 1. The average molecular weight is 470 g/mol. The van der Waals surface area contributed by atoms with Crippen molar-refractivity contribution in [2.24, 2.45) is 5.10 Å². The van der Waals surface area contributed by atoms with Crippen molar-refractivity contribution in [3.8, 4) is 5.75 Å². The second-order valence-corrected chi connectivity index (χ2v) is 7.67. The highest BCUT2D eigenvalue weighted by Crippen LogP contribution is 2.25. The van der Waals surface area contributed by atoms with E-state index in [9.17, 15) is 14.8 Å². The number of ether oxygens (including phenoxy) is 2. The first-order valence-corrected chi connectivity index (χ1v) is 10.2. The van der Waals surface area contributed by atoms with E-state index >= 15 is 0 Å². The second-order valence-electron chi connectivity index (χ2n) is 5.96. The van der Waals surface area contributed by atoms with Crippen LogP contribution in [0.2, 0.25) is 0 Å². The van der Waals surface area contributed by atoms with Crippen LogP contribution in [-0.2, 0) is 16.0 Å². The molecule has 1 aromatic carbocycles. The Kier molecular flexibility index (Phi) is 8.43. The number of nitrogens with zero attached hydrogens (tertiary/aromatic N) is 2. The highest BCUT2D eigenvalue weighted by Gasteiger charge is 2.21. The molecule has 8 nitrogen and oxygen atoms in total. The van der Waals surface area contributed by atoms with Crippen molar-refractivity contribution < 1.29 is 24.3 Å². The fourth-order valence-electron chi connectivity index (χ4n) is 2.22. The highest BCUT2D eigenvalue weighted by molar-refractivity contribution is 9.10. The zero-order valence-corrected chi connectivity index (χ0v) is 18.1. The van der Waals surface area contributed by atoms with Crippen molar-refractivity contribution in [3.05, 3.63) is 33.2 Å². The standard InChI is InChI=1S/C17H21BBrN3O5S/c1-4-26-15(23)7-12-9-28-17(21-12)22-20-8-11-5-13(18(24)25)16(14(19)6-11)27-10(2)3/h5-6,8-10,24-25H,4,7H2,1-3H3,(H,21,22). The molecule has 11 heteroatoms. The van der Waals surface area contributed by atoms with E-state index in [2.05, 4.69) is 31.4 Å². The molecule has 28 heavy (non-hydrogen) atoms. The molecule has 0 radical (unpaired) electrons. The SMILES string of the molecule is CCOC(=O)Cc1csc(NN=Cc2cc(Br)c(OC(C)C)c(B(O)O)c2)n1. The molecule has 3 N–H and O–H groups in total. The minimum Gasteiger partial charge on any atom is -0.490 e. The first kappa shape index (κ1) is 22.3. The lowest BCUT2D eigenvalue weighted by Crippen LogP contribution is -2.33. The van der Waals surface area contributed by atoms with Crippen LogP contribution in [0.4, 0.5) is 5.13 Å². The van der Waals surface area contributed by atoms with Crippen LogP contribution in [0.5, 0.6) is 5.75 Å². The highest BCUT2D eigenvalue weighted by atomic mass is 79.9. The van der Waals surface area contributed by atoms with E-state index in [4.69, 9.17) is 9.47 Å². The molecule has 0 amide bonds. The largest absolute Gasteiger partial charge is 0.492 e. The fourth-order valence-corrected chi connectivity index (χ4v) is 3.47. The van der Waals surface area contributed by atoms with Crippen molar-refractivity contribution in [3.63, 3.8) is 0 Å². The van der Waals surface area contributed by atoms with E-state index in [0.717, 1.165) is 0 Å². The maximum atomic E-state index is 11.5. The third-order valence-electron chi connectivity index (χ3n) is 3.28. The summed E-state index contributed by atoms with van der Waals surface area (Å²) in [6.45, 7) is 5.79. The van der Waals surface area contributed by atoms with E-state index in [-0.39, 0.29) is 24.0 Å². The Labute approximate surface area is 175 Å². The number of hydrazone groups is 1.